The predicted molar refractivity (Wildman–Crippen MR) is 74.1 cm³/mol. The first-order chi connectivity index (χ1) is 9.95. The number of aromatic nitrogens is 3. The molecule has 0 aliphatic rings. The zero-order chi connectivity index (χ0) is 15.4. The number of anilines is 1. The van der Waals surface area contributed by atoms with E-state index >= 15 is 0 Å². The molecule has 1 unspecified atom stereocenters. The highest BCUT2D eigenvalue weighted by Gasteiger charge is 2.14. The molecule has 9 heteroatoms. The second kappa shape index (κ2) is 7.53. The van der Waals surface area contributed by atoms with E-state index in [1.807, 2.05) is 0 Å². The average Bonchev–Trinajstić information content (AvgIpc) is 2.42. The van der Waals surface area contributed by atoms with Crippen molar-refractivity contribution in [1.82, 2.24) is 9.55 Å². The SMILES string of the molecule is NC(=O)c1ccc[n+](CC(O)Cn2ccc(N)nc2=O)c1.[Cl-]. The fourth-order valence-corrected chi connectivity index (χ4v) is 1.89. The van der Waals surface area contributed by atoms with Gasteiger partial charge in [0.25, 0.3) is 5.91 Å². The molecule has 0 saturated carbocycles. The van der Waals surface area contributed by atoms with Gasteiger partial charge in [0.05, 0.1) is 6.54 Å². The molecule has 118 valence electrons. The lowest BCUT2D eigenvalue weighted by Crippen LogP contribution is -3.00. The summed E-state index contributed by atoms with van der Waals surface area (Å²) in [7, 11) is 0. The van der Waals surface area contributed by atoms with E-state index in [4.69, 9.17) is 11.5 Å². The van der Waals surface area contributed by atoms with Crippen LogP contribution < -0.4 is 34.1 Å². The number of nitrogens with two attached hydrogens (primary N) is 2. The van der Waals surface area contributed by atoms with Crippen molar-refractivity contribution in [3.63, 3.8) is 0 Å². The molecule has 2 aromatic heterocycles. The van der Waals surface area contributed by atoms with Crippen molar-refractivity contribution in [3.8, 4) is 0 Å². The van der Waals surface area contributed by atoms with E-state index < -0.39 is 17.7 Å². The number of carbonyl (C=O) groups excluding carboxylic acids is 1. The van der Waals surface area contributed by atoms with Crippen LogP contribution in [0.2, 0.25) is 0 Å². The lowest BCUT2D eigenvalue weighted by atomic mass is 10.2. The highest BCUT2D eigenvalue weighted by molar-refractivity contribution is 5.92. The molecule has 0 aliphatic carbocycles. The summed E-state index contributed by atoms with van der Waals surface area (Å²) < 4.78 is 2.89. The molecule has 1 amide bonds. The number of halogens is 1. The summed E-state index contributed by atoms with van der Waals surface area (Å²) >= 11 is 0. The number of nitrogen functional groups attached to an aromatic ring is 1. The normalized spacial score (nSPS) is 11.5. The first-order valence-electron chi connectivity index (χ1n) is 6.25. The van der Waals surface area contributed by atoms with Crippen molar-refractivity contribution in [1.29, 1.82) is 0 Å². The van der Waals surface area contributed by atoms with Crippen LogP contribution in [0.25, 0.3) is 0 Å². The number of hydrogen-bond donors (Lipinski definition) is 3. The van der Waals surface area contributed by atoms with Gasteiger partial charge < -0.3 is 29.0 Å². The van der Waals surface area contributed by atoms with Crippen LogP contribution in [0.1, 0.15) is 10.4 Å². The van der Waals surface area contributed by atoms with E-state index in [0.29, 0.717) is 5.56 Å². The lowest BCUT2D eigenvalue weighted by molar-refractivity contribution is -0.704. The molecular weight excluding hydrogens is 310 g/mol. The molecule has 0 aromatic carbocycles. The first kappa shape index (κ1) is 17.6. The van der Waals surface area contributed by atoms with Crippen molar-refractivity contribution in [3.05, 3.63) is 52.8 Å². The number of primary amides is 1. The van der Waals surface area contributed by atoms with Gasteiger partial charge in [0, 0.05) is 12.3 Å². The zero-order valence-corrected chi connectivity index (χ0v) is 12.3. The van der Waals surface area contributed by atoms with Gasteiger partial charge in [0.15, 0.2) is 18.9 Å². The molecule has 22 heavy (non-hydrogen) atoms. The quantitative estimate of drug-likeness (QED) is 0.476. The van der Waals surface area contributed by atoms with Gasteiger partial charge in [-0.1, -0.05) is 0 Å². The molecule has 8 nitrogen and oxygen atoms in total. The van der Waals surface area contributed by atoms with Gasteiger partial charge in [0.1, 0.15) is 17.5 Å². The van der Waals surface area contributed by atoms with Gasteiger partial charge in [-0.2, -0.15) is 4.98 Å². The van der Waals surface area contributed by atoms with Crippen molar-refractivity contribution in [2.45, 2.75) is 19.2 Å². The Labute approximate surface area is 132 Å². The number of nitrogens with zero attached hydrogens (tertiary/aromatic N) is 3. The lowest BCUT2D eigenvalue weighted by Gasteiger charge is -2.09. The van der Waals surface area contributed by atoms with E-state index in [0.717, 1.165) is 0 Å². The molecule has 0 saturated heterocycles. The smallest absolute Gasteiger partial charge is 0.349 e. The topological polar surface area (TPSA) is 128 Å². The molecule has 2 heterocycles. The van der Waals surface area contributed by atoms with Crippen LogP contribution in [-0.2, 0) is 13.1 Å². The Bertz CT molecular complexity index is 719. The van der Waals surface area contributed by atoms with Crippen LogP contribution in [-0.4, -0.2) is 26.7 Å². The van der Waals surface area contributed by atoms with Gasteiger partial charge in [-0.05, 0) is 12.1 Å². The van der Waals surface area contributed by atoms with Gasteiger partial charge in [-0.25, -0.2) is 9.36 Å². The summed E-state index contributed by atoms with van der Waals surface area (Å²) in [6, 6.07) is 4.72. The molecule has 0 spiro atoms. The fraction of sp³-hybridized carbons (Fsp3) is 0.231. The van der Waals surface area contributed by atoms with E-state index in [2.05, 4.69) is 4.98 Å². The third kappa shape index (κ3) is 4.54. The second-order valence-corrected chi connectivity index (χ2v) is 4.59. The van der Waals surface area contributed by atoms with Crippen molar-refractivity contribution in [2.75, 3.05) is 5.73 Å². The molecule has 0 fully saturated rings. The average molecular weight is 326 g/mol. The Morgan fingerprint density at radius 3 is 2.82 bits per heavy atom. The molecule has 2 aromatic rings. The van der Waals surface area contributed by atoms with Crippen LogP contribution in [0.15, 0.2) is 41.6 Å². The Balaban J connectivity index is 0.00000242. The van der Waals surface area contributed by atoms with Crippen LogP contribution in [0.3, 0.4) is 0 Å². The summed E-state index contributed by atoms with van der Waals surface area (Å²) in [6.07, 6.45) is 3.87. The monoisotopic (exact) mass is 325 g/mol. The van der Waals surface area contributed by atoms with Crippen LogP contribution in [0, 0.1) is 0 Å². The minimum Gasteiger partial charge on any atom is -1.00 e. The molecular formula is C13H16ClN5O3. The number of hydrogen-bond acceptors (Lipinski definition) is 5. The number of carbonyl (C=O) groups is 1. The van der Waals surface area contributed by atoms with Crippen LogP contribution in [0.5, 0.6) is 0 Å². The number of aliphatic hydroxyl groups excluding tert-OH is 1. The highest BCUT2D eigenvalue weighted by Crippen LogP contribution is 1.96. The standard InChI is InChI=1S/C13H15N5O3.ClH/c14-11-3-5-18(13(21)16-11)8-10(19)7-17-4-1-2-9(6-17)12(15)20;/h1-6,10,19H,7-8H2,(H3-,14,15,16,20,21);1H. The van der Waals surface area contributed by atoms with Gasteiger partial charge >= 0.3 is 5.69 Å². The van der Waals surface area contributed by atoms with Gasteiger partial charge in [0.2, 0.25) is 0 Å². The largest absolute Gasteiger partial charge is 1.00 e. The maximum Gasteiger partial charge on any atom is 0.349 e. The third-order valence-corrected chi connectivity index (χ3v) is 2.87. The molecule has 2 rings (SSSR count). The minimum absolute atomic E-state index is 0. The number of aliphatic hydroxyl groups is 1. The van der Waals surface area contributed by atoms with Crippen LogP contribution in [0.4, 0.5) is 5.82 Å². The predicted octanol–water partition coefficient (Wildman–Crippen LogP) is -4.72. The summed E-state index contributed by atoms with van der Waals surface area (Å²) in [6.45, 7) is 0.276. The van der Waals surface area contributed by atoms with Crippen LogP contribution >= 0.6 is 0 Å². The van der Waals surface area contributed by atoms with Crippen molar-refractivity contribution < 1.29 is 26.9 Å². The highest BCUT2D eigenvalue weighted by atomic mass is 35.5. The Morgan fingerprint density at radius 2 is 2.18 bits per heavy atom. The summed E-state index contributed by atoms with van der Waals surface area (Å²) in [5.41, 5.74) is 10.4. The number of pyridine rings is 1. The van der Waals surface area contributed by atoms with Gasteiger partial charge in [-0.15, -0.1) is 0 Å². The maximum atomic E-state index is 11.6. The minimum atomic E-state index is -0.832. The Morgan fingerprint density at radius 1 is 1.45 bits per heavy atom. The Hall–Kier alpha value is -2.45. The first-order valence-corrected chi connectivity index (χ1v) is 6.25. The van der Waals surface area contributed by atoms with E-state index in [9.17, 15) is 14.7 Å². The van der Waals surface area contributed by atoms with Crippen molar-refractivity contribution in [2.24, 2.45) is 5.73 Å². The summed E-state index contributed by atoms with van der Waals surface area (Å²) in [5, 5.41) is 10.0. The second-order valence-electron chi connectivity index (χ2n) is 4.59. The van der Waals surface area contributed by atoms with E-state index in [1.54, 1.807) is 22.9 Å². The summed E-state index contributed by atoms with van der Waals surface area (Å²) in [4.78, 5) is 26.2. The maximum absolute atomic E-state index is 11.6. The molecule has 0 bridgehead atoms. The molecule has 1 atom stereocenters. The van der Waals surface area contributed by atoms with Gasteiger partial charge in [-0.3, -0.25) is 9.36 Å². The van der Waals surface area contributed by atoms with Crippen molar-refractivity contribution >= 4 is 11.7 Å². The molecule has 0 aliphatic heterocycles. The number of amides is 1. The van der Waals surface area contributed by atoms with E-state index in [-0.39, 0.29) is 31.3 Å². The molecule has 0 radical (unpaired) electrons. The Kier molecular flexibility index (Phi) is 6.02. The molecule has 5 N–H and O–H groups in total. The third-order valence-electron chi connectivity index (χ3n) is 2.87. The zero-order valence-electron chi connectivity index (χ0n) is 11.6. The van der Waals surface area contributed by atoms with E-state index in [1.165, 1.54) is 23.0 Å². The number of rotatable bonds is 5. The fourth-order valence-electron chi connectivity index (χ4n) is 1.89. The summed E-state index contributed by atoms with van der Waals surface area (Å²) in [5.74, 6) is -0.410.